The van der Waals surface area contributed by atoms with Gasteiger partial charge in [0.05, 0.1) is 31.2 Å². The van der Waals surface area contributed by atoms with E-state index in [9.17, 15) is 14.4 Å². The van der Waals surface area contributed by atoms with Crippen molar-refractivity contribution in [2.45, 2.75) is 38.1 Å². The third kappa shape index (κ3) is 3.73. The molecular formula is C23H28O9. The van der Waals surface area contributed by atoms with Crippen molar-refractivity contribution in [3.8, 4) is 0 Å². The lowest BCUT2D eigenvalue weighted by Gasteiger charge is -2.54. The van der Waals surface area contributed by atoms with Crippen LogP contribution in [0.15, 0.2) is 30.3 Å². The number of ether oxygens (including phenoxy) is 6. The van der Waals surface area contributed by atoms with Crippen molar-refractivity contribution < 1.29 is 42.8 Å². The Labute approximate surface area is 186 Å². The summed E-state index contributed by atoms with van der Waals surface area (Å²) in [4.78, 5) is 36.7. The normalized spacial score (nSPS) is 38.3. The van der Waals surface area contributed by atoms with Crippen LogP contribution in [0.1, 0.15) is 25.2 Å². The first-order valence-corrected chi connectivity index (χ1v) is 10.6. The highest BCUT2D eigenvalue weighted by atomic mass is 16.7. The average Bonchev–Trinajstić information content (AvgIpc) is 3.17. The van der Waals surface area contributed by atoms with Gasteiger partial charge < -0.3 is 33.2 Å². The number of hydrogen-bond donors (Lipinski definition) is 0. The van der Waals surface area contributed by atoms with Crippen LogP contribution < -0.4 is 0 Å². The van der Waals surface area contributed by atoms with E-state index in [1.165, 1.54) is 21.1 Å². The molecule has 0 N–H and O–H groups in total. The summed E-state index contributed by atoms with van der Waals surface area (Å²) in [6.07, 6.45) is -1.71. The number of rotatable bonds is 6. The highest BCUT2D eigenvalue weighted by molar-refractivity contribution is 5.75. The van der Waals surface area contributed by atoms with Gasteiger partial charge in [0.15, 0.2) is 12.6 Å². The van der Waals surface area contributed by atoms with Crippen molar-refractivity contribution in [3.63, 3.8) is 0 Å². The molecule has 1 aromatic carbocycles. The number of carbonyl (C=O) groups is 3. The van der Waals surface area contributed by atoms with Crippen molar-refractivity contribution in [1.82, 2.24) is 0 Å². The zero-order chi connectivity index (χ0) is 22.9. The van der Waals surface area contributed by atoms with Gasteiger partial charge in [0.2, 0.25) is 0 Å². The molecule has 4 rings (SSSR count). The number of methoxy groups -OCH3 is 2. The summed E-state index contributed by atoms with van der Waals surface area (Å²) in [6, 6.07) is 9.43. The summed E-state index contributed by atoms with van der Waals surface area (Å²) >= 11 is 0. The lowest BCUT2D eigenvalue weighted by molar-refractivity contribution is -0.368. The molecule has 8 atom stereocenters. The zero-order valence-corrected chi connectivity index (χ0v) is 18.3. The molecule has 174 valence electrons. The minimum absolute atomic E-state index is 0.147. The Bertz CT molecular complexity index is 843. The zero-order valence-electron chi connectivity index (χ0n) is 18.3. The summed E-state index contributed by atoms with van der Waals surface area (Å²) in [5.41, 5.74) is -0.286. The maximum atomic E-state index is 12.8. The van der Waals surface area contributed by atoms with E-state index in [4.69, 9.17) is 28.4 Å². The molecule has 0 spiro atoms. The topological polar surface area (TPSA) is 107 Å². The number of hydrogen-bond acceptors (Lipinski definition) is 9. The van der Waals surface area contributed by atoms with Gasteiger partial charge >= 0.3 is 11.9 Å². The lowest BCUT2D eigenvalue weighted by Crippen LogP contribution is -2.65. The molecule has 9 nitrogen and oxygen atoms in total. The van der Waals surface area contributed by atoms with E-state index in [2.05, 4.69) is 0 Å². The standard InChI is InChI=1S/C23H28O9/c1-13(25)30-12-23-15(10-24)9-16(20(26)27-2)18(23)19-17(31-22(23)28-3)11-29-21(32-19)14-7-5-4-6-8-14/h4-8,10,15-19,21-22H,9,11-12H2,1-3H3/t15-,16-,17+,18-,19+,21+,22-,23-/m0/s1. The second-order valence-corrected chi connectivity index (χ2v) is 8.45. The molecule has 2 aliphatic heterocycles. The van der Waals surface area contributed by atoms with Gasteiger partial charge in [0, 0.05) is 31.4 Å². The van der Waals surface area contributed by atoms with Crippen LogP contribution in [0, 0.1) is 23.2 Å². The summed E-state index contributed by atoms with van der Waals surface area (Å²) in [5, 5.41) is 0. The molecular weight excluding hydrogens is 420 g/mol. The summed E-state index contributed by atoms with van der Waals surface area (Å²) < 4.78 is 34.6. The molecule has 32 heavy (non-hydrogen) atoms. The maximum Gasteiger partial charge on any atom is 0.309 e. The van der Waals surface area contributed by atoms with Gasteiger partial charge in [-0.05, 0) is 6.42 Å². The van der Waals surface area contributed by atoms with E-state index in [1.54, 1.807) is 0 Å². The van der Waals surface area contributed by atoms with Gasteiger partial charge in [-0.25, -0.2) is 0 Å². The quantitative estimate of drug-likeness (QED) is 0.474. The molecule has 1 saturated carbocycles. The molecule has 1 aromatic rings. The third-order valence-electron chi connectivity index (χ3n) is 6.88. The predicted molar refractivity (Wildman–Crippen MR) is 108 cm³/mol. The average molecular weight is 448 g/mol. The number of carbonyl (C=O) groups excluding carboxylic acids is 3. The Kier molecular flexibility index (Phi) is 6.62. The molecule has 0 radical (unpaired) electrons. The maximum absolute atomic E-state index is 12.8. The SMILES string of the molecule is COC(=O)[C@H]1C[C@@H](C=O)[C@]2(COC(C)=O)[C@@H](OC)O[C@@H]3CO[C@@H](c4ccccc4)O[C@H]3[C@H]12. The molecule has 3 aliphatic rings. The smallest absolute Gasteiger partial charge is 0.309 e. The van der Waals surface area contributed by atoms with E-state index in [0.717, 1.165) is 11.8 Å². The Morgan fingerprint density at radius 3 is 2.56 bits per heavy atom. The van der Waals surface area contributed by atoms with Crippen molar-refractivity contribution >= 4 is 18.2 Å². The van der Waals surface area contributed by atoms with Crippen molar-refractivity contribution in [2.24, 2.45) is 23.2 Å². The molecule has 2 saturated heterocycles. The Morgan fingerprint density at radius 1 is 1.19 bits per heavy atom. The van der Waals surface area contributed by atoms with Crippen LogP contribution in [-0.4, -0.2) is 64.2 Å². The number of esters is 2. The summed E-state index contributed by atoms with van der Waals surface area (Å²) in [7, 11) is 2.77. The van der Waals surface area contributed by atoms with Crippen molar-refractivity contribution in [2.75, 3.05) is 27.4 Å². The number of aldehydes is 1. The first-order valence-electron chi connectivity index (χ1n) is 10.6. The van der Waals surface area contributed by atoms with Gasteiger partial charge in [-0.1, -0.05) is 30.3 Å². The number of benzene rings is 1. The van der Waals surface area contributed by atoms with Crippen LogP contribution >= 0.6 is 0 Å². The van der Waals surface area contributed by atoms with Gasteiger partial charge in [-0.3, -0.25) is 9.59 Å². The first-order chi connectivity index (χ1) is 15.5. The summed E-state index contributed by atoms with van der Waals surface area (Å²) in [6.45, 7) is 1.36. The Balaban J connectivity index is 1.77. The van der Waals surface area contributed by atoms with Crippen LogP contribution in [0.4, 0.5) is 0 Å². The van der Waals surface area contributed by atoms with E-state index < -0.39 is 59.9 Å². The van der Waals surface area contributed by atoms with E-state index in [1.807, 2.05) is 30.3 Å². The second kappa shape index (κ2) is 9.27. The molecule has 1 aliphatic carbocycles. The molecule has 0 aromatic heterocycles. The summed E-state index contributed by atoms with van der Waals surface area (Å²) in [5.74, 6) is -2.83. The van der Waals surface area contributed by atoms with Gasteiger partial charge in [-0.15, -0.1) is 0 Å². The van der Waals surface area contributed by atoms with Crippen LogP contribution in [-0.2, 0) is 42.8 Å². The van der Waals surface area contributed by atoms with Crippen molar-refractivity contribution in [3.05, 3.63) is 35.9 Å². The van der Waals surface area contributed by atoms with Gasteiger partial charge in [0.25, 0.3) is 0 Å². The third-order valence-corrected chi connectivity index (χ3v) is 6.88. The van der Waals surface area contributed by atoms with E-state index >= 15 is 0 Å². The van der Waals surface area contributed by atoms with Gasteiger partial charge in [0.1, 0.15) is 19.0 Å². The van der Waals surface area contributed by atoms with E-state index in [0.29, 0.717) is 0 Å². The fraction of sp³-hybridized carbons (Fsp3) is 0.609. The molecule has 0 unspecified atom stereocenters. The van der Waals surface area contributed by atoms with Crippen LogP contribution in [0.25, 0.3) is 0 Å². The van der Waals surface area contributed by atoms with E-state index in [-0.39, 0.29) is 19.6 Å². The largest absolute Gasteiger partial charge is 0.469 e. The predicted octanol–water partition coefficient (Wildman–Crippen LogP) is 1.65. The van der Waals surface area contributed by atoms with Crippen LogP contribution in [0.3, 0.4) is 0 Å². The second-order valence-electron chi connectivity index (χ2n) is 8.45. The highest BCUT2D eigenvalue weighted by Crippen LogP contribution is 2.60. The Morgan fingerprint density at radius 2 is 1.94 bits per heavy atom. The molecule has 0 amide bonds. The van der Waals surface area contributed by atoms with Crippen LogP contribution in [0.5, 0.6) is 0 Å². The molecule has 3 fully saturated rings. The minimum atomic E-state index is -1.11. The number of fused-ring (bicyclic) bond motifs is 3. The van der Waals surface area contributed by atoms with Gasteiger partial charge in [-0.2, -0.15) is 0 Å². The monoisotopic (exact) mass is 448 g/mol. The highest BCUT2D eigenvalue weighted by Gasteiger charge is 2.69. The van der Waals surface area contributed by atoms with Crippen LogP contribution in [0.2, 0.25) is 0 Å². The first kappa shape index (κ1) is 22.8. The Hall–Kier alpha value is -2.33. The fourth-order valence-corrected chi connectivity index (χ4v) is 5.53. The molecule has 2 heterocycles. The molecule has 9 heteroatoms. The minimum Gasteiger partial charge on any atom is -0.469 e. The fourth-order valence-electron chi connectivity index (χ4n) is 5.53. The lowest BCUT2D eigenvalue weighted by atomic mass is 9.65. The van der Waals surface area contributed by atoms with Crippen molar-refractivity contribution in [1.29, 1.82) is 0 Å². The molecule has 0 bridgehead atoms.